The van der Waals surface area contributed by atoms with E-state index in [2.05, 4.69) is 16.3 Å². The van der Waals surface area contributed by atoms with Gasteiger partial charge in [0.25, 0.3) is 5.22 Å². The first-order valence-electron chi connectivity index (χ1n) is 5.89. The maximum absolute atomic E-state index is 8.42. The van der Waals surface area contributed by atoms with E-state index in [0.29, 0.717) is 22.6 Å². The highest BCUT2D eigenvalue weighted by Crippen LogP contribution is 2.24. The predicted molar refractivity (Wildman–Crippen MR) is 74.9 cm³/mol. The van der Waals surface area contributed by atoms with Gasteiger partial charge in [0.05, 0.1) is 6.07 Å². The van der Waals surface area contributed by atoms with Crippen LogP contribution in [0.4, 0.5) is 0 Å². The van der Waals surface area contributed by atoms with Crippen molar-refractivity contribution in [3.05, 3.63) is 29.3 Å². The largest absolute Gasteiger partial charge is 0.411 e. The van der Waals surface area contributed by atoms with Gasteiger partial charge in [0, 0.05) is 22.8 Å². The fourth-order valence-corrected chi connectivity index (χ4v) is 2.33. The zero-order chi connectivity index (χ0) is 13.5. The van der Waals surface area contributed by atoms with Gasteiger partial charge < -0.3 is 4.42 Å². The number of rotatable bonds is 6. The highest BCUT2D eigenvalue weighted by molar-refractivity contribution is 7.99. The molecule has 98 valence electrons. The van der Waals surface area contributed by atoms with Gasteiger partial charge >= 0.3 is 0 Å². The normalized spacial score (nSPS) is 10.3. The lowest BCUT2D eigenvalue weighted by Gasteiger charge is -1.95. The summed E-state index contributed by atoms with van der Waals surface area (Å²) < 4.78 is 5.55. The molecule has 2 rings (SSSR count). The Morgan fingerprint density at radius 1 is 1.21 bits per heavy atom. The zero-order valence-corrected chi connectivity index (χ0v) is 11.7. The highest BCUT2D eigenvalue weighted by atomic mass is 35.5. The lowest BCUT2D eigenvalue weighted by molar-refractivity contribution is 0.465. The second-order valence-electron chi connectivity index (χ2n) is 3.84. The number of nitriles is 1. The van der Waals surface area contributed by atoms with E-state index in [9.17, 15) is 0 Å². The summed E-state index contributed by atoms with van der Waals surface area (Å²) in [7, 11) is 0. The van der Waals surface area contributed by atoms with Gasteiger partial charge in [-0.25, -0.2) is 0 Å². The molecule has 0 aliphatic carbocycles. The van der Waals surface area contributed by atoms with Crippen LogP contribution in [-0.2, 0) is 0 Å². The second-order valence-corrected chi connectivity index (χ2v) is 5.33. The summed E-state index contributed by atoms with van der Waals surface area (Å²) in [6.07, 6.45) is 2.47. The van der Waals surface area contributed by atoms with E-state index < -0.39 is 0 Å². The molecule has 0 radical (unpaired) electrons. The summed E-state index contributed by atoms with van der Waals surface area (Å²) in [5, 5.41) is 17.6. The summed E-state index contributed by atoms with van der Waals surface area (Å²) in [5.41, 5.74) is 0.855. The lowest BCUT2D eigenvalue weighted by atomic mass is 10.2. The highest BCUT2D eigenvalue weighted by Gasteiger charge is 2.08. The molecule has 0 saturated heterocycles. The maximum Gasteiger partial charge on any atom is 0.276 e. The monoisotopic (exact) mass is 293 g/mol. The van der Waals surface area contributed by atoms with E-state index in [1.54, 1.807) is 12.1 Å². The molecule has 0 spiro atoms. The molecule has 0 atom stereocenters. The molecule has 0 saturated carbocycles. The predicted octanol–water partition coefficient (Wildman–Crippen LogP) is 4.18. The Bertz CT molecular complexity index is 562. The summed E-state index contributed by atoms with van der Waals surface area (Å²) in [6.45, 7) is 0. The van der Waals surface area contributed by atoms with Crippen LogP contribution in [0.3, 0.4) is 0 Å². The van der Waals surface area contributed by atoms with Gasteiger partial charge in [-0.1, -0.05) is 23.4 Å². The molecule has 1 aromatic carbocycles. The van der Waals surface area contributed by atoms with Gasteiger partial charge in [-0.05, 0) is 37.1 Å². The van der Waals surface area contributed by atoms with Gasteiger partial charge in [0.1, 0.15) is 0 Å². The molecule has 0 aliphatic heterocycles. The van der Waals surface area contributed by atoms with E-state index in [1.165, 1.54) is 11.8 Å². The summed E-state index contributed by atoms with van der Waals surface area (Å²) in [6, 6.07) is 9.39. The van der Waals surface area contributed by atoms with Gasteiger partial charge in [-0.15, -0.1) is 10.2 Å². The molecular formula is C13H12ClN3OS. The molecule has 0 fully saturated rings. The van der Waals surface area contributed by atoms with E-state index >= 15 is 0 Å². The molecule has 1 heterocycles. The number of unbranched alkanes of at least 4 members (excludes halogenated alkanes) is 2. The fraction of sp³-hybridized carbons (Fsp3) is 0.308. The average Bonchev–Trinajstić information content (AvgIpc) is 2.88. The van der Waals surface area contributed by atoms with Crippen LogP contribution in [0.25, 0.3) is 11.5 Å². The number of hydrogen-bond donors (Lipinski definition) is 0. The van der Waals surface area contributed by atoms with E-state index in [-0.39, 0.29) is 0 Å². The third-order valence-electron chi connectivity index (χ3n) is 2.41. The topological polar surface area (TPSA) is 62.7 Å². The minimum absolute atomic E-state index is 0.496. The Kier molecular flexibility index (Phi) is 5.25. The lowest BCUT2D eigenvalue weighted by Crippen LogP contribution is -1.80. The molecule has 1 aromatic heterocycles. The van der Waals surface area contributed by atoms with Crippen molar-refractivity contribution in [2.45, 2.75) is 24.5 Å². The Morgan fingerprint density at radius 3 is 2.74 bits per heavy atom. The first-order valence-corrected chi connectivity index (χ1v) is 7.25. The Hall–Kier alpha value is -1.51. The number of nitrogens with zero attached hydrogens (tertiary/aromatic N) is 3. The second kappa shape index (κ2) is 7.17. The van der Waals surface area contributed by atoms with Gasteiger partial charge in [-0.2, -0.15) is 5.26 Å². The van der Waals surface area contributed by atoms with Crippen LogP contribution in [0.1, 0.15) is 19.3 Å². The van der Waals surface area contributed by atoms with Crippen molar-refractivity contribution in [2.75, 3.05) is 5.75 Å². The molecule has 0 amide bonds. The SMILES string of the molecule is N#CCCCCSc1nnc(-c2ccc(Cl)cc2)o1. The smallest absolute Gasteiger partial charge is 0.276 e. The number of halogens is 1. The quantitative estimate of drug-likeness (QED) is 0.590. The Morgan fingerprint density at radius 2 is 2.00 bits per heavy atom. The molecule has 19 heavy (non-hydrogen) atoms. The third kappa shape index (κ3) is 4.27. The molecule has 4 nitrogen and oxygen atoms in total. The molecule has 0 bridgehead atoms. The third-order valence-corrected chi connectivity index (χ3v) is 3.56. The molecule has 0 aliphatic rings. The van der Waals surface area contributed by atoms with E-state index in [0.717, 1.165) is 24.2 Å². The van der Waals surface area contributed by atoms with E-state index in [4.69, 9.17) is 21.3 Å². The van der Waals surface area contributed by atoms with Crippen LogP contribution in [0, 0.1) is 11.3 Å². The number of benzene rings is 1. The van der Waals surface area contributed by atoms with Crippen LogP contribution in [0.5, 0.6) is 0 Å². The zero-order valence-electron chi connectivity index (χ0n) is 10.2. The van der Waals surface area contributed by atoms with Gasteiger partial charge in [0.2, 0.25) is 5.89 Å². The number of aromatic nitrogens is 2. The van der Waals surface area contributed by atoms with Crippen molar-refractivity contribution in [2.24, 2.45) is 0 Å². The van der Waals surface area contributed by atoms with Crippen molar-refractivity contribution in [1.82, 2.24) is 10.2 Å². The van der Waals surface area contributed by atoms with Crippen LogP contribution in [-0.4, -0.2) is 16.0 Å². The molecule has 0 N–H and O–H groups in total. The minimum Gasteiger partial charge on any atom is -0.411 e. The van der Waals surface area contributed by atoms with Crippen molar-refractivity contribution in [3.8, 4) is 17.5 Å². The summed E-state index contributed by atoms with van der Waals surface area (Å²) in [4.78, 5) is 0. The van der Waals surface area contributed by atoms with Crippen LogP contribution < -0.4 is 0 Å². The van der Waals surface area contributed by atoms with Crippen LogP contribution in [0.15, 0.2) is 33.9 Å². The Balaban J connectivity index is 1.88. The van der Waals surface area contributed by atoms with Crippen LogP contribution >= 0.6 is 23.4 Å². The minimum atomic E-state index is 0.496. The molecule has 2 aromatic rings. The molecule has 0 unspecified atom stereocenters. The van der Waals surface area contributed by atoms with Crippen molar-refractivity contribution in [3.63, 3.8) is 0 Å². The molecular weight excluding hydrogens is 282 g/mol. The first kappa shape index (κ1) is 13.9. The van der Waals surface area contributed by atoms with Crippen molar-refractivity contribution in [1.29, 1.82) is 5.26 Å². The number of thioether (sulfide) groups is 1. The van der Waals surface area contributed by atoms with Gasteiger partial charge in [0.15, 0.2) is 0 Å². The first-order chi connectivity index (χ1) is 9.29. The fourth-order valence-electron chi connectivity index (χ4n) is 1.44. The van der Waals surface area contributed by atoms with Crippen LogP contribution in [0.2, 0.25) is 5.02 Å². The Labute approximate surface area is 120 Å². The van der Waals surface area contributed by atoms with Gasteiger partial charge in [-0.3, -0.25) is 0 Å². The summed E-state index contributed by atoms with van der Waals surface area (Å²) >= 11 is 7.33. The van der Waals surface area contributed by atoms with Crippen molar-refractivity contribution >= 4 is 23.4 Å². The van der Waals surface area contributed by atoms with Crippen molar-refractivity contribution < 1.29 is 4.42 Å². The molecule has 6 heteroatoms. The standard InChI is InChI=1S/C13H12ClN3OS/c14-11-6-4-10(5-7-11)12-16-17-13(18-12)19-9-3-1-2-8-15/h4-7H,1-3,9H2. The maximum atomic E-state index is 8.42. The number of hydrogen-bond acceptors (Lipinski definition) is 5. The summed E-state index contributed by atoms with van der Waals surface area (Å²) in [5.74, 6) is 1.38. The van der Waals surface area contributed by atoms with E-state index in [1.807, 2.05) is 12.1 Å². The average molecular weight is 294 g/mol.